The zero-order valence-corrected chi connectivity index (χ0v) is 15.1. The normalized spacial score (nSPS) is 11.2. The minimum Gasteiger partial charge on any atom is -0.488 e. The third kappa shape index (κ3) is 5.05. The van der Waals surface area contributed by atoms with Crippen molar-refractivity contribution in [1.29, 1.82) is 0 Å². The number of alkyl halides is 3. The number of carbonyl (C=O) groups is 1. The lowest BCUT2D eigenvalue weighted by Gasteiger charge is -2.18. The van der Waals surface area contributed by atoms with Crippen molar-refractivity contribution in [2.75, 3.05) is 7.11 Å². The van der Waals surface area contributed by atoms with Crippen LogP contribution in [-0.4, -0.2) is 18.4 Å². The highest BCUT2D eigenvalue weighted by atomic mass is 35.5. The molecular formula is C18H16ClF3O5. The van der Waals surface area contributed by atoms with Crippen LogP contribution < -0.4 is 9.47 Å². The van der Waals surface area contributed by atoms with Crippen LogP contribution in [0.1, 0.15) is 22.3 Å². The van der Waals surface area contributed by atoms with Gasteiger partial charge in [-0.2, -0.15) is 13.2 Å². The van der Waals surface area contributed by atoms with Crippen LogP contribution in [0.5, 0.6) is 11.5 Å². The molecule has 0 aliphatic rings. The highest BCUT2D eigenvalue weighted by Gasteiger charge is 2.35. The largest absolute Gasteiger partial charge is 0.513 e. The summed E-state index contributed by atoms with van der Waals surface area (Å²) in [4.78, 5) is 11.4. The highest BCUT2D eigenvalue weighted by molar-refractivity contribution is 6.31. The number of halogens is 4. The summed E-state index contributed by atoms with van der Waals surface area (Å²) in [5, 5.41) is 9.58. The van der Waals surface area contributed by atoms with E-state index in [1.807, 2.05) is 0 Å². The van der Waals surface area contributed by atoms with Crippen molar-refractivity contribution in [1.82, 2.24) is 0 Å². The summed E-state index contributed by atoms with van der Waals surface area (Å²) < 4.78 is 54.5. The van der Waals surface area contributed by atoms with Crippen LogP contribution in [0.3, 0.4) is 0 Å². The Morgan fingerprint density at radius 2 is 1.93 bits per heavy atom. The topological polar surface area (TPSA) is 65.0 Å². The Bertz CT molecular complexity index is 836. The predicted molar refractivity (Wildman–Crippen MR) is 90.9 cm³/mol. The first-order chi connectivity index (χ1) is 12.7. The zero-order valence-electron chi connectivity index (χ0n) is 14.4. The van der Waals surface area contributed by atoms with Crippen LogP contribution in [0.4, 0.5) is 18.0 Å². The van der Waals surface area contributed by atoms with Gasteiger partial charge in [0.1, 0.15) is 18.1 Å². The molecule has 0 spiro atoms. The molecule has 0 bridgehead atoms. The van der Waals surface area contributed by atoms with Gasteiger partial charge < -0.3 is 19.3 Å². The van der Waals surface area contributed by atoms with Crippen LogP contribution in [-0.2, 0) is 24.1 Å². The van der Waals surface area contributed by atoms with Gasteiger partial charge in [0, 0.05) is 10.6 Å². The van der Waals surface area contributed by atoms with Crippen molar-refractivity contribution in [3.8, 4) is 11.5 Å². The van der Waals surface area contributed by atoms with Gasteiger partial charge in [-0.3, -0.25) is 0 Å². The molecule has 0 unspecified atom stereocenters. The Kier molecular flexibility index (Phi) is 6.56. The van der Waals surface area contributed by atoms with E-state index in [1.165, 1.54) is 25.1 Å². The number of methoxy groups -OCH3 is 1. The number of aliphatic hydroxyl groups excluding tert-OH is 1. The number of ether oxygens (including phenoxy) is 3. The number of rotatable bonds is 5. The molecule has 5 nitrogen and oxygen atoms in total. The third-order valence-electron chi connectivity index (χ3n) is 3.70. The van der Waals surface area contributed by atoms with E-state index in [1.54, 1.807) is 0 Å². The molecule has 0 heterocycles. The summed E-state index contributed by atoms with van der Waals surface area (Å²) in [5.41, 5.74) is -0.207. The van der Waals surface area contributed by atoms with Crippen LogP contribution in [0.25, 0.3) is 0 Å². The first-order valence-corrected chi connectivity index (χ1v) is 8.02. The smallest absolute Gasteiger partial charge is 0.488 e. The fraction of sp³-hybridized carbons (Fsp3) is 0.278. The van der Waals surface area contributed by atoms with Gasteiger partial charge in [-0.25, -0.2) is 4.79 Å². The Morgan fingerprint density at radius 1 is 1.22 bits per heavy atom. The van der Waals surface area contributed by atoms with Gasteiger partial charge in [-0.05, 0) is 36.2 Å². The predicted octanol–water partition coefficient (Wildman–Crippen LogP) is 4.88. The average Bonchev–Trinajstić information content (AvgIpc) is 2.61. The van der Waals surface area contributed by atoms with Crippen LogP contribution >= 0.6 is 11.6 Å². The molecule has 0 saturated carbocycles. The van der Waals surface area contributed by atoms with Gasteiger partial charge in [0.05, 0.1) is 19.3 Å². The molecular weight excluding hydrogens is 389 g/mol. The van der Waals surface area contributed by atoms with Crippen LogP contribution in [0, 0.1) is 6.92 Å². The molecule has 2 rings (SSSR count). The molecule has 2 aromatic carbocycles. The zero-order chi connectivity index (χ0) is 20.2. The molecule has 0 atom stereocenters. The summed E-state index contributed by atoms with van der Waals surface area (Å²) >= 11 is 5.92. The van der Waals surface area contributed by atoms with Crippen LogP contribution in [0.15, 0.2) is 30.3 Å². The van der Waals surface area contributed by atoms with E-state index in [0.29, 0.717) is 5.56 Å². The Labute approximate surface area is 158 Å². The van der Waals surface area contributed by atoms with Crippen molar-refractivity contribution in [3.05, 3.63) is 57.6 Å². The van der Waals surface area contributed by atoms with Gasteiger partial charge in [-0.15, -0.1) is 0 Å². The monoisotopic (exact) mass is 404 g/mol. The van der Waals surface area contributed by atoms with E-state index in [4.69, 9.17) is 21.1 Å². The minimum absolute atomic E-state index is 0.000155. The van der Waals surface area contributed by atoms with Gasteiger partial charge in [0.25, 0.3) is 0 Å². The maximum absolute atomic E-state index is 13.3. The highest BCUT2D eigenvalue weighted by Crippen LogP contribution is 2.39. The van der Waals surface area contributed by atoms with Gasteiger partial charge in [-0.1, -0.05) is 23.7 Å². The second-order valence-electron chi connectivity index (χ2n) is 5.49. The lowest BCUT2D eigenvalue weighted by atomic mass is 10.1. The Morgan fingerprint density at radius 3 is 2.52 bits per heavy atom. The second kappa shape index (κ2) is 8.49. The lowest BCUT2D eigenvalue weighted by Crippen LogP contribution is -2.13. The van der Waals surface area contributed by atoms with E-state index in [0.717, 1.165) is 19.2 Å². The Hall–Kier alpha value is -2.45. The van der Waals surface area contributed by atoms with Crippen molar-refractivity contribution in [2.24, 2.45) is 0 Å². The summed E-state index contributed by atoms with van der Waals surface area (Å²) in [7, 11) is 1.11. The minimum atomic E-state index is -4.65. The van der Waals surface area contributed by atoms with E-state index in [-0.39, 0.29) is 21.9 Å². The van der Waals surface area contributed by atoms with Crippen molar-refractivity contribution in [2.45, 2.75) is 26.3 Å². The average molecular weight is 405 g/mol. The molecule has 9 heteroatoms. The molecule has 146 valence electrons. The van der Waals surface area contributed by atoms with E-state index >= 15 is 0 Å². The van der Waals surface area contributed by atoms with E-state index in [2.05, 4.69) is 4.74 Å². The molecule has 0 aliphatic heterocycles. The number of hydrogen-bond donors (Lipinski definition) is 1. The van der Waals surface area contributed by atoms with Crippen molar-refractivity contribution < 1.29 is 37.3 Å². The number of hydrogen-bond acceptors (Lipinski definition) is 5. The fourth-order valence-electron chi connectivity index (χ4n) is 2.30. The molecule has 0 radical (unpaired) electrons. The molecule has 27 heavy (non-hydrogen) atoms. The number of aryl methyl sites for hydroxylation is 1. The quantitative estimate of drug-likeness (QED) is 0.568. The first-order valence-electron chi connectivity index (χ1n) is 7.65. The summed E-state index contributed by atoms with van der Waals surface area (Å²) in [5.74, 6) is -0.477. The molecule has 1 N–H and O–H groups in total. The molecule has 0 saturated heterocycles. The fourth-order valence-corrected chi connectivity index (χ4v) is 2.46. The molecule has 0 amide bonds. The summed E-state index contributed by atoms with van der Waals surface area (Å²) in [6.45, 7) is 0.619. The maximum atomic E-state index is 13.3. The summed E-state index contributed by atoms with van der Waals surface area (Å²) in [6, 6.07) is 6.40. The standard InChI is InChI=1S/C18H16ClF3O5/c1-10-6-13(18(20,21)22)16(7-14(10)19)26-9-12-11(8-23)4-3-5-15(12)27-17(24)25-2/h3-7,23H,8-9H2,1-2H3. The van der Waals surface area contributed by atoms with Crippen LogP contribution in [0.2, 0.25) is 5.02 Å². The van der Waals surface area contributed by atoms with Crippen molar-refractivity contribution in [3.63, 3.8) is 0 Å². The SMILES string of the molecule is COC(=O)Oc1cccc(CO)c1COc1cc(Cl)c(C)cc1C(F)(F)F. The molecule has 2 aromatic rings. The third-order valence-corrected chi connectivity index (χ3v) is 4.11. The number of benzene rings is 2. The van der Waals surface area contributed by atoms with Gasteiger partial charge in [0.15, 0.2) is 0 Å². The lowest BCUT2D eigenvalue weighted by molar-refractivity contribution is -0.139. The van der Waals surface area contributed by atoms with E-state index in [9.17, 15) is 23.1 Å². The summed E-state index contributed by atoms with van der Waals surface area (Å²) in [6.07, 6.45) is -5.66. The number of aliphatic hydroxyl groups is 1. The van der Waals surface area contributed by atoms with E-state index < -0.39 is 36.9 Å². The molecule has 0 aliphatic carbocycles. The molecule has 0 fully saturated rings. The Balaban J connectivity index is 2.39. The van der Waals surface area contributed by atoms with Gasteiger partial charge >= 0.3 is 12.3 Å². The second-order valence-corrected chi connectivity index (χ2v) is 5.90. The molecule has 0 aromatic heterocycles. The van der Waals surface area contributed by atoms with Crippen molar-refractivity contribution >= 4 is 17.8 Å². The van der Waals surface area contributed by atoms with Gasteiger partial charge in [0.2, 0.25) is 0 Å². The first kappa shape index (κ1) is 20.9. The maximum Gasteiger partial charge on any atom is 0.513 e. The number of carbonyl (C=O) groups excluding carboxylic acids is 1.